The van der Waals surface area contributed by atoms with Gasteiger partial charge in [-0.1, -0.05) is 99.8 Å². The van der Waals surface area contributed by atoms with E-state index in [4.69, 9.17) is 13.6 Å². The number of hydrogen-bond acceptors (Lipinski definition) is 6. The first kappa shape index (κ1) is 43.9. The third kappa shape index (κ3) is 14.7. The molecule has 6 nitrogen and oxygen atoms in total. The Bertz CT molecular complexity index is 1100. The minimum atomic E-state index is -2.15. The lowest BCUT2D eigenvalue weighted by molar-refractivity contribution is -0.139. The molecule has 1 N–H and O–H groups in total. The van der Waals surface area contributed by atoms with Crippen molar-refractivity contribution < 1.29 is 28.3 Å². The van der Waals surface area contributed by atoms with Crippen LogP contribution in [0.15, 0.2) is 34.5 Å². The van der Waals surface area contributed by atoms with Crippen LogP contribution in [0.25, 0.3) is 0 Å². The molecule has 0 saturated heterocycles. The monoisotopic (exact) mass is 710 g/mol. The highest BCUT2D eigenvalue weighted by Gasteiger charge is 2.45. The van der Waals surface area contributed by atoms with Crippen molar-refractivity contribution in [2.75, 3.05) is 5.75 Å². The molecular formula is C38H70O6SSi2. The average Bonchev–Trinajstić information content (AvgIpc) is 3.23. The maximum atomic E-state index is 12.8. The summed E-state index contributed by atoms with van der Waals surface area (Å²) in [5, 5.41) is 9.38. The number of carbonyl (C=O) groups is 2. The molecule has 4 atom stereocenters. The zero-order chi connectivity index (χ0) is 36.2. The van der Waals surface area contributed by atoms with Gasteiger partial charge in [0.25, 0.3) is 0 Å². The Morgan fingerprint density at radius 2 is 1.62 bits per heavy atom. The van der Waals surface area contributed by atoms with Crippen LogP contribution in [0.4, 0.5) is 0 Å². The van der Waals surface area contributed by atoms with E-state index in [9.17, 15) is 14.7 Å². The van der Waals surface area contributed by atoms with E-state index in [0.717, 1.165) is 35.7 Å². The van der Waals surface area contributed by atoms with E-state index < -0.39 is 22.6 Å². The van der Waals surface area contributed by atoms with Gasteiger partial charge in [0, 0.05) is 29.2 Å². The number of carbonyl (C=O) groups excluding carboxylic acids is 1. The van der Waals surface area contributed by atoms with Crippen molar-refractivity contribution in [1.29, 1.82) is 0 Å². The van der Waals surface area contributed by atoms with E-state index >= 15 is 0 Å². The zero-order valence-corrected chi connectivity index (χ0v) is 35.3. The number of allylic oxidation sites excluding steroid dienone is 1. The van der Waals surface area contributed by atoms with Crippen molar-refractivity contribution in [1.82, 2.24) is 0 Å². The molecule has 9 heteroatoms. The second kappa shape index (κ2) is 19.3. The minimum absolute atomic E-state index is 0.00154. The highest BCUT2D eigenvalue weighted by atomic mass is 32.2. The zero-order valence-electron chi connectivity index (χ0n) is 32.5. The van der Waals surface area contributed by atoms with Gasteiger partial charge in [0.05, 0.1) is 12.2 Å². The molecule has 0 aromatic heterocycles. The lowest BCUT2D eigenvalue weighted by atomic mass is 9.96. The molecule has 1 rings (SSSR count). The van der Waals surface area contributed by atoms with Crippen LogP contribution in [0.1, 0.15) is 127 Å². The normalized spacial score (nSPS) is 19.8. The highest BCUT2D eigenvalue weighted by molar-refractivity contribution is 8.03. The Morgan fingerprint density at radius 1 is 1.00 bits per heavy atom. The van der Waals surface area contributed by atoms with Crippen LogP contribution in [-0.2, 0) is 23.2 Å². The van der Waals surface area contributed by atoms with Gasteiger partial charge in [-0.2, -0.15) is 0 Å². The van der Waals surface area contributed by atoms with Crippen molar-refractivity contribution in [2.45, 2.75) is 175 Å². The Hall–Kier alpha value is -1.14. The van der Waals surface area contributed by atoms with E-state index in [1.165, 1.54) is 19.3 Å². The molecule has 0 saturated carbocycles. The van der Waals surface area contributed by atoms with Crippen molar-refractivity contribution >= 4 is 40.3 Å². The third-order valence-electron chi connectivity index (χ3n) is 10.2. The van der Waals surface area contributed by atoms with Crippen molar-refractivity contribution in [3.8, 4) is 0 Å². The van der Waals surface area contributed by atoms with Crippen molar-refractivity contribution in [2.24, 2.45) is 11.8 Å². The number of rotatable bonds is 20. The number of carboxylic acid groups (broad SMARTS) is 1. The fourth-order valence-corrected chi connectivity index (χ4v) is 8.88. The molecule has 272 valence electrons. The topological polar surface area (TPSA) is 82.1 Å². The van der Waals surface area contributed by atoms with Gasteiger partial charge in [-0.05, 0) is 80.5 Å². The number of aliphatic carboxylic acids is 1. The largest absolute Gasteiger partial charge is 0.478 e. The second-order valence-electron chi connectivity index (χ2n) is 16.6. The second-order valence-corrected chi connectivity index (χ2v) is 27.3. The van der Waals surface area contributed by atoms with E-state index in [2.05, 4.69) is 93.7 Å². The number of thioether (sulfide) groups is 1. The van der Waals surface area contributed by atoms with E-state index in [-0.39, 0.29) is 34.2 Å². The maximum absolute atomic E-state index is 12.8. The first-order valence-electron chi connectivity index (χ1n) is 18.1. The molecule has 1 aliphatic rings. The number of esters is 1. The Morgan fingerprint density at radius 3 is 2.15 bits per heavy atom. The van der Waals surface area contributed by atoms with Gasteiger partial charge < -0.3 is 18.7 Å². The number of hydrogen-bond donors (Lipinski definition) is 1. The first-order chi connectivity index (χ1) is 21.6. The van der Waals surface area contributed by atoms with Crippen LogP contribution >= 0.6 is 11.8 Å². The van der Waals surface area contributed by atoms with E-state index in [1.54, 1.807) is 24.8 Å². The van der Waals surface area contributed by atoms with E-state index in [0.29, 0.717) is 30.8 Å². The molecule has 47 heavy (non-hydrogen) atoms. The number of unbranched alkanes of at least 4 members (excludes halogenated alkanes) is 2. The van der Waals surface area contributed by atoms with Gasteiger partial charge in [0.15, 0.2) is 16.6 Å². The molecule has 0 aliphatic heterocycles. The van der Waals surface area contributed by atoms with Crippen molar-refractivity contribution in [3.63, 3.8) is 0 Å². The SMILES string of the molecule is CCCC[C@@H](C)C[C@@H](C=C[C@@H]1C(SCCCC=C(C)C(=O)O)=C(OC(=O)CCC)C[C@H]1O[Si](C)(C)C(C)(C)C)O[Si](C)(C)C(C)(C)C. The Labute approximate surface area is 295 Å². The minimum Gasteiger partial charge on any atom is -0.478 e. The van der Waals surface area contributed by atoms with Crippen molar-refractivity contribution in [3.05, 3.63) is 34.5 Å². The summed E-state index contributed by atoms with van der Waals surface area (Å²) in [6.07, 6.45) is 14.0. The number of ether oxygens (including phenoxy) is 1. The summed E-state index contributed by atoms with van der Waals surface area (Å²) in [6, 6.07) is 0. The molecule has 0 radical (unpaired) electrons. The predicted molar refractivity (Wildman–Crippen MR) is 206 cm³/mol. The summed E-state index contributed by atoms with van der Waals surface area (Å²) >= 11 is 1.73. The Kier molecular flexibility index (Phi) is 18.0. The molecule has 0 fully saturated rings. The molecule has 0 unspecified atom stereocenters. The van der Waals surface area contributed by atoms with Gasteiger partial charge in [-0.15, -0.1) is 11.8 Å². The third-order valence-corrected chi connectivity index (χ3v) is 20.5. The standard InChI is InChI=1S/C38H70O6SSi2/c1-15-17-21-28(3)26-30(43-46(11,12)37(5,6)7)23-24-31-32(44-47(13,14)38(8,9)10)27-33(42-34(39)20-16-2)35(31)45-25-19-18-22-29(4)36(40)41/h22-24,28,30-32H,15-21,25-27H2,1-14H3,(H,40,41)/t28-,30-,31+,32-/m1/s1. The summed E-state index contributed by atoms with van der Waals surface area (Å²) in [6.45, 7) is 31.1. The van der Waals surface area contributed by atoms with Gasteiger partial charge in [0.1, 0.15) is 5.76 Å². The quantitative estimate of drug-likeness (QED) is 0.0443. The first-order valence-corrected chi connectivity index (χ1v) is 24.9. The smallest absolute Gasteiger partial charge is 0.330 e. The summed E-state index contributed by atoms with van der Waals surface area (Å²) in [5.41, 5.74) is 0.369. The lowest BCUT2D eigenvalue weighted by Gasteiger charge is -2.40. The van der Waals surface area contributed by atoms with Crippen LogP contribution in [0, 0.1) is 11.8 Å². The molecule has 0 spiro atoms. The molecule has 1 aliphatic carbocycles. The van der Waals surface area contributed by atoms with E-state index in [1.807, 2.05) is 6.92 Å². The van der Waals surface area contributed by atoms with Crippen LogP contribution in [0.5, 0.6) is 0 Å². The summed E-state index contributed by atoms with van der Waals surface area (Å²) in [4.78, 5) is 25.2. The lowest BCUT2D eigenvalue weighted by Crippen LogP contribution is -2.45. The molecule has 0 aromatic rings. The van der Waals surface area contributed by atoms with Crippen LogP contribution in [0.3, 0.4) is 0 Å². The van der Waals surface area contributed by atoms with Gasteiger partial charge in [-0.25, -0.2) is 4.79 Å². The van der Waals surface area contributed by atoms with Crippen LogP contribution in [-0.4, -0.2) is 51.6 Å². The fraction of sp³-hybridized carbons (Fsp3) is 0.789. The average molecular weight is 711 g/mol. The fourth-order valence-electron chi connectivity index (χ4n) is 5.01. The van der Waals surface area contributed by atoms with Gasteiger partial charge in [-0.3, -0.25) is 4.79 Å². The predicted octanol–water partition coefficient (Wildman–Crippen LogP) is 11.7. The van der Waals surface area contributed by atoms with Crippen LogP contribution < -0.4 is 0 Å². The highest BCUT2D eigenvalue weighted by Crippen LogP contribution is 2.47. The molecule has 0 aromatic carbocycles. The summed E-state index contributed by atoms with van der Waals surface area (Å²) in [5.74, 6) is 0.960. The van der Waals surface area contributed by atoms with Gasteiger partial charge in [0.2, 0.25) is 0 Å². The summed E-state index contributed by atoms with van der Waals surface area (Å²) in [7, 11) is -4.19. The van der Waals surface area contributed by atoms with Gasteiger partial charge >= 0.3 is 11.9 Å². The summed E-state index contributed by atoms with van der Waals surface area (Å²) < 4.78 is 20.3. The Balaban J connectivity index is 3.60. The molecule has 0 amide bonds. The molecule has 0 heterocycles. The maximum Gasteiger partial charge on any atom is 0.330 e. The molecular weight excluding hydrogens is 641 g/mol. The molecule has 0 bridgehead atoms. The van der Waals surface area contributed by atoms with Crippen LogP contribution in [0.2, 0.25) is 36.3 Å². The number of carboxylic acids is 1.